The standard InChI is InChI=1S/C44H64ClN3O6/c1-25(2)34-28(49)20-43(31(50)24-48-44(18-19-44)36-46-22-26(45)23-47-36)17-16-41(8)27(35(34)43)10-11-30-40(7)14-13-32(54-33(51)21-38(3,4)37(52)53)39(5,6)29(40)12-15-42(30,41)9/h22-23,25,27,29-32,48,50H,10-21,24H2,1-9H3,(H,52,53). The molecule has 6 aliphatic carbocycles. The lowest BCUT2D eigenvalue weighted by Crippen LogP contribution is -2.66. The summed E-state index contributed by atoms with van der Waals surface area (Å²) in [5.41, 5.74) is -0.0709. The van der Waals surface area contributed by atoms with Crippen LogP contribution in [0.1, 0.15) is 145 Å². The van der Waals surface area contributed by atoms with Crippen LogP contribution in [0.5, 0.6) is 0 Å². The molecule has 3 N–H and O–H groups in total. The van der Waals surface area contributed by atoms with E-state index in [1.54, 1.807) is 26.2 Å². The van der Waals surface area contributed by atoms with Crippen LogP contribution in [0, 0.1) is 56.2 Å². The number of carbonyl (C=O) groups is 3. The number of Topliss-reactive ketones (excluding diaryl/α,β-unsaturated/α-hetero) is 1. The second kappa shape index (κ2) is 13.1. The van der Waals surface area contributed by atoms with Gasteiger partial charge >= 0.3 is 11.9 Å². The molecule has 10 heteroatoms. The van der Waals surface area contributed by atoms with Crippen molar-refractivity contribution in [2.75, 3.05) is 6.54 Å². The van der Waals surface area contributed by atoms with Crippen molar-refractivity contribution in [1.82, 2.24) is 15.3 Å². The first-order valence-corrected chi connectivity index (χ1v) is 21.1. The van der Waals surface area contributed by atoms with E-state index < -0.39 is 28.9 Å². The Labute approximate surface area is 327 Å². The third kappa shape index (κ3) is 5.85. The van der Waals surface area contributed by atoms with E-state index in [0.29, 0.717) is 35.6 Å². The van der Waals surface area contributed by atoms with Crippen LogP contribution in [0.3, 0.4) is 0 Å². The fraction of sp³-hybridized carbons (Fsp3) is 0.795. The van der Waals surface area contributed by atoms with Gasteiger partial charge in [0.1, 0.15) is 11.9 Å². The van der Waals surface area contributed by atoms with Crippen LogP contribution in [0.2, 0.25) is 5.02 Å². The van der Waals surface area contributed by atoms with E-state index in [9.17, 15) is 24.6 Å². The summed E-state index contributed by atoms with van der Waals surface area (Å²) >= 11 is 6.09. The Morgan fingerprint density at radius 1 is 0.944 bits per heavy atom. The van der Waals surface area contributed by atoms with Crippen LogP contribution in [-0.2, 0) is 24.7 Å². The zero-order chi connectivity index (χ0) is 39.4. The number of rotatable bonds is 10. The molecule has 9 atom stereocenters. The molecule has 5 fully saturated rings. The number of aliphatic carboxylic acids is 1. The molecule has 0 amide bonds. The topological polar surface area (TPSA) is 139 Å². The smallest absolute Gasteiger partial charge is 0.309 e. The predicted molar refractivity (Wildman–Crippen MR) is 207 cm³/mol. The van der Waals surface area contributed by atoms with Crippen LogP contribution in [-0.4, -0.2) is 56.7 Å². The fourth-order valence-corrected chi connectivity index (χ4v) is 13.7. The Morgan fingerprint density at radius 3 is 2.22 bits per heavy atom. The van der Waals surface area contributed by atoms with Crippen LogP contribution in [0.4, 0.5) is 0 Å². The van der Waals surface area contributed by atoms with Gasteiger partial charge in [0.05, 0.1) is 28.5 Å². The van der Waals surface area contributed by atoms with Crippen molar-refractivity contribution < 1.29 is 29.3 Å². The molecule has 0 radical (unpaired) electrons. The quantitative estimate of drug-likeness (QED) is 0.200. The van der Waals surface area contributed by atoms with E-state index in [1.807, 2.05) is 0 Å². The normalized spacial score (nSPS) is 38.6. The van der Waals surface area contributed by atoms with Gasteiger partial charge in [0.25, 0.3) is 0 Å². The maximum absolute atomic E-state index is 14.1. The number of carboxylic acids is 1. The number of allylic oxidation sites excluding steroid dienone is 1. The minimum atomic E-state index is -1.17. The number of carboxylic acid groups (broad SMARTS) is 1. The highest BCUT2D eigenvalue weighted by Gasteiger charge is 2.71. The Balaban J connectivity index is 1.15. The molecule has 1 aromatic heterocycles. The lowest BCUT2D eigenvalue weighted by molar-refractivity contribution is -0.235. The van der Waals surface area contributed by atoms with Gasteiger partial charge in [0.15, 0.2) is 5.78 Å². The van der Waals surface area contributed by atoms with Crippen molar-refractivity contribution in [3.8, 4) is 0 Å². The van der Waals surface area contributed by atoms with E-state index in [0.717, 1.165) is 69.8 Å². The van der Waals surface area contributed by atoms with Crippen molar-refractivity contribution in [1.29, 1.82) is 0 Å². The number of nitrogens with zero attached hydrogens (tertiary/aromatic N) is 2. The number of esters is 1. The molecule has 1 aromatic rings. The number of halogens is 1. The molecule has 9 unspecified atom stereocenters. The third-order valence-electron chi connectivity index (χ3n) is 16.9. The number of nitrogens with one attached hydrogen (secondary N) is 1. The number of ether oxygens (including phenoxy) is 1. The number of aromatic nitrogens is 2. The van der Waals surface area contributed by atoms with Gasteiger partial charge in [-0.25, -0.2) is 9.97 Å². The minimum absolute atomic E-state index is 0.0341. The van der Waals surface area contributed by atoms with Gasteiger partial charge in [-0.3, -0.25) is 14.4 Å². The van der Waals surface area contributed by atoms with Crippen LogP contribution >= 0.6 is 11.6 Å². The Kier molecular flexibility index (Phi) is 9.66. The van der Waals surface area contributed by atoms with Gasteiger partial charge in [0.2, 0.25) is 0 Å². The second-order valence-electron chi connectivity index (χ2n) is 20.8. The fourth-order valence-electron chi connectivity index (χ4n) is 13.6. The number of fused-ring (bicyclic) bond motifs is 7. The summed E-state index contributed by atoms with van der Waals surface area (Å²) in [4.78, 5) is 48.0. The maximum atomic E-state index is 14.1. The van der Waals surface area contributed by atoms with Gasteiger partial charge in [-0.15, -0.1) is 0 Å². The molecular formula is C44H64ClN3O6. The van der Waals surface area contributed by atoms with Crippen molar-refractivity contribution >= 4 is 29.3 Å². The number of ketones is 1. The summed E-state index contributed by atoms with van der Waals surface area (Å²) in [7, 11) is 0. The second-order valence-corrected chi connectivity index (χ2v) is 21.2. The molecule has 6 aliphatic rings. The molecule has 0 bridgehead atoms. The Bertz CT molecular complexity index is 1730. The van der Waals surface area contributed by atoms with Crippen LogP contribution < -0.4 is 5.32 Å². The predicted octanol–water partition coefficient (Wildman–Crippen LogP) is 8.46. The highest BCUT2D eigenvalue weighted by atomic mass is 35.5. The molecular weight excluding hydrogens is 702 g/mol. The van der Waals surface area contributed by atoms with Gasteiger partial charge in [-0.2, -0.15) is 0 Å². The molecule has 9 nitrogen and oxygen atoms in total. The van der Waals surface area contributed by atoms with Crippen molar-refractivity contribution in [3.05, 3.63) is 34.4 Å². The molecule has 0 aromatic carbocycles. The Hall–Kier alpha value is -2.36. The van der Waals surface area contributed by atoms with E-state index in [1.165, 1.54) is 5.57 Å². The van der Waals surface area contributed by atoms with E-state index in [4.69, 9.17) is 16.3 Å². The summed E-state index contributed by atoms with van der Waals surface area (Å²) in [5, 5.41) is 26.2. The third-order valence-corrected chi connectivity index (χ3v) is 17.1. The lowest BCUT2D eigenvalue weighted by atomic mass is 9.33. The SMILES string of the molecule is CC(C)C1=C2C3CCC4C5(C)CCC(OC(=O)CC(C)(C)C(=O)O)C(C)(C)C5CCC4(C)C3(C)CCC2(C(O)CNC2(c3ncc(Cl)cn3)CC2)CC1=O. The molecule has 298 valence electrons. The maximum Gasteiger partial charge on any atom is 0.309 e. The zero-order valence-corrected chi connectivity index (χ0v) is 34.9. The number of hydrogen-bond acceptors (Lipinski definition) is 8. The average Bonchev–Trinajstić information content (AvgIpc) is 3.80. The number of hydrogen-bond donors (Lipinski definition) is 3. The van der Waals surface area contributed by atoms with E-state index >= 15 is 0 Å². The molecule has 54 heavy (non-hydrogen) atoms. The highest BCUT2D eigenvalue weighted by Crippen LogP contribution is 2.77. The van der Waals surface area contributed by atoms with E-state index in [-0.39, 0.29) is 57.3 Å². The summed E-state index contributed by atoms with van der Waals surface area (Å²) in [6.07, 6.45) is 12.0. The summed E-state index contributed by atoms with van der Waals surface area (Å²) < 4.78 is 6.17. The minimum Gasteiger partial charge on any atom is -0.481 e. The molecule has 1 heterocycles. The van der Waals surface area contributed by atoms with E-state index in [2.05, 4.69) is 63.8 Å². The average molecular weight is 766 g/mol. The number of aliphatic hydroxyl groups is 1. The molecule has 5 saturated carbocycles. The van der Waals surface area contributed by atoms with Crippen LogP contribution in [0.25, 0.3) is 0 Å². The van der Waals surface area contributed by atoms with Crippen molar-refractivity contribution in [2.24, 2.45) is 56.2 Å². The highest BCUT2D eigenvalue weighted by molar-refractivity contribution is 6.30. The lowest BCUT2D eigenvalue weighted by Gasteiger charge is -2.72. The first-order valence-electron chi connectivity index (χ1n) is 20.7. The summed E-state index contributed by atoms with van der Waals surface area (Å²) in [6.45, 7) is 20.0. The van der Waals surface area contributed by atoms with Crippen LogP contribution in [0.15, 0.2) is 23.5 Å². The summed E-state index contributed by atoms with van der Waals surface area (Å²) in [5.74, 6) is 0.654. The van der Waals surface area contributed by atoms with Crippen molar-refractivity contribution in [2.45, 2.75) is 157 Å². The monoisotopic (exact) mass is 765 g/mol. The first kappa shape index (κ1) is 39.9. The number of carbonyl (C=O) groups excluding carboxylic acids is 2. The Morgan fingerprint density at radius 2 is 1.61 bits per heavy atom. The van der Waals surface area contributed by atoms with Gasteiger partial charge in [0, 0.05) is 36.2 Å². The van der Waals surface area contributed by atoms with Gasteiger partial charge in [-0.1, -0.05) is 65.6 Å². The number of aliphatic hydroxyl groups excluding tert-OH is 1. The molecule has 7 rings (SSSR count). The largest absolute Gasteiger partial charge is 0.481 e. The van der Waals surface area contributed by atoms with Gasteiger partial charge in [-0.05, 0) is 124 Å². The van der Waals surface area contributed by atoms with Crippen molar-refractivity contribution in [3.63, 3.8) is 0 Å². The first-order chi connectivity index (χ1) is 25.1. The molecule has 0 spiro atoms. The molecule has 0 aliphatic heterocycles. The zero-order valence-electron chi connectivity index (χ0n) is 34.1. The van der Waals surface area contributed by atoms with Gasteiger partial charge < -0.3 is 20.3 Å². The molecule has 0 saturated heterocycles. The summed E-state index contributed by atoms with van der Waals surface area (Å²) in [6, 6.07) is 0.